The first-order chi connectivity index (χ1) is 15.7. The molecule has 0 aliphatic heterocycles. The van der Waals surface area contributed by atoms with E-state index in [9.17, 15) is 18.0 Å². The standard InChI is InChI=1S/C23H26F3N3O3S2/c1-21(2,3)32-19(30)22(4,5)34-20-28-16(14-33-20)9-10-31-18-12-27-29(13-18)17-8-6-7-15(11-17)23(24,25)26/h6-8,11-14H,9-10H2,1-5H3. The van der Waals surface area contributed by atoms with Gasteiger partial charge in [-0.25, -0.2) is 9.67 Å². The summed E-state index contributed by atoms with van der Waals surface area (Å²) in [5, 5.41) is 5.99. The number of thioether (sulfide) groups is 1. The van der Waals surface area contributed by atoms with Crippen molar-refractivity contribution in [2.45, 2.75) is 61.9 Å². The number of aromatic nitrogens is 3. The lowest BCUT2D eigenvalue weighted by atomic mass is 10.1. The maximum atomic E-state index is 12.9. The summed E-state index contributed by atoms with van der Waals surface area (Å²) in [7, 11) is 0. The van der Waals surface area contributed by atoms with Crippen molar-refractivity contribution in [3.05, 3.63) is 53.3 Å². The van der Waals surface area contributed by atoms with Gasteiger partial charge in [-0.05, 0) is 52.8 Å². The van der Waals surface area contributed by atoms with Crippen LogP contribution < -0.4 is 4.74 Å². The van der Waals surface area contributed by atoms with Crippen LogP contribution in [0.25, 0.3) is 5.69 Å². The predicted octanol–water partition coefficient (Wildman–Crippen LogP) is 6.18. The van der Waals surface area contributed by atoms with E-state index in [0.29, 0.717) is 24.5 Å². The van der Waals surface area contributed by atoms with E-state index in [1.807, 2.05) is 26.2 Å². The molecule has 3 rings (SSSR count). The predicted molar refractivity (Wildman–Crippen MR) is 126 cm³/mol. The molecule has 0 amide bonds. The Bertz CT molecular complexity index is 1130. The Morgan fingerprint density at radius 2 is 1.91 bits per heavy atom. The lowest BCUT2D eigenvalue weighted by Crippen LogP contribution is -2.36. The zero-order valence-corrected chi connectivity index (χ0v) is 21.1. The second-order valence-electron chi connectivity index (χ2n) is 8.99. The summed E-state index contributed by atoms with van der Waals surface area (Å²) < 4.78 is 51.3. The van der Waals surface area contributed by atoms with Crippen LogP contribution in [0, 0.1) is 0 Å². The molecular weight excluding hydrogens is 487 g/mol. The molecule has 34 heavy (non-hydrogen) atoms. The van der Waals surface area contributed by atoms with E-state index in [1.54, 1.807) is 19.9 Å². The summed E-state index contributed by atoms with van der Waals surface area (Å²) in [6.45, 7) is 9.41. The molecule has 0 radical (unpaired) electrons. The van der Waals surface area contributed by atoms with Crippen LogP contribution in [0.5, 0.6) is 5.75 Å². The second kappa shape index (κ2) is 9.99. The van der Waals surface area contributed by atoms with Crippen LogP contribution in [-0.2, 0) is 22.1 Å². The third kappa shape index (κ3) is 7.23. The number of nitrogens with zero attached hydrogens (tertiary/aromatic N) is 3. The third-order valence-electron chi connectivity index (χ3n) is 4.39. The molecule has 3 aromatic rings. The number of ether oxygens (including phenoxy) is 2. The molecule has 0 spiro atoms. The zero-order valence-electron chi connectivity index (χ0n) is 19.5. The molecule has 0 saturated heterocycles. The Hall–Kier alpha value is -2.53. The molecule has 0 aliphatic rings. The molecule has 0 unspecified atom stereocenters. The van der Waals surface area contributed by atoms with Crippen LogP contribution in [0.1, 0.15) is 45.9 Å². The van der Waals surface area contributed by atoms with Gasteiger partial charge in [-0.3, -0.25) is 4.79 Å². The summed E-state index contributed by atoms with van der Waals surface area (Å²) in [6.07, 6.45) is -0.916. The lowest BCUT2D eigenvalue weighted by Gasteiger charge is -2.27. The van der Waals surface area contributed by atoms with Crippen LogP contribution in [0.4, 0.5) is 13.2 Å². The molecule has 184 valence electrons. The molecule has 6 nitrogen and oxygen atoms in total. The fourth-order valence-corrected chi connectivity index (χ4v) is 4.99. The van der Waals surface area contributed by atoms with Crippen LogP contribution in [0.2, 0.25) is 0 Å². The maximum Gasteiger partial charge on any atom is 0.416 e. The van der Waals surface area contributed by atoms with Crippen molar-refractivity contribution in [3.8, 4) is 11.4 Å². The van der Waals surface area contributed by atoms with E-state index in [1.165, 1.54) is 46.2 Å². The van der Waals surface area contributed by atoms with Crippen LogP contribution in [0.15, 0.2) is 46.4 Å². The van der Waals surface area contributed by atoms with Gasteiger partial charge < -0.3 is 9.47 Å². The van der Waals surface area contributed by atoms with Crippen molar-refractivity contribution < 1.29 is 27.4 Å². The van der Waals surface area contributed by atoms with Gasteiger partial charge >= 0.3 is 12.1 Å². The molecule has 0 bridgehead atoms. The van der Waals surface area contributed by atoms with Crippen molar-refractivity contribution in [1.82, 2.24) is 14.8 Å². The number of benzene rings is 1. The highest BCUT2D eigenvalue weighted by atomic mass is 32.2. The quantitative estimate of drug-likeness (QED) is 0.265. The van der Waals surface area contributed by atoms with Crippen molar-refractivity contribution >= 4 is 29.1 Å². The van der Waals surface area contributed by atoms with E-state index in [-0.39, 0.29) is 5.97 Å². The summed E-state index contributed by atoms with van der Waals surface area (Å²) in [4.78, 5) is 17.0. The average molecular weight is 514 g/mol. The minimum absolute atomic E-state index is 0.290. The highest BCUT2D eigenvalue weighted by Crippen LogP contribution is 2.36. The van der Waals surface area contributed by atoms with Crippen molar-refractivity contribution in [1.29, 1.82) is 0 Å². The zero-order chi connectivity index (χ0) is 25.1. The summed E-state index contributed by atoms with van der Waals surface area (Å²) in [5.41, 5.74) is -0.193. The minimum Gasteiger partial charge on any atom is -0.490 e. The Labute approximate surface area is 204 Å². The number of carbonyl (C=O) groups is 1. The van der Waals surface area contributed by atoms with Crippen LogP contribution >= 0.6 is 23.1 Å². The first kappa shape index (κ1) is 26.1. The molecule has 0 atom stereocenters. The van der Waals surface area contributed by atoms with Crippen LogP contribution in [-0.4, -0.2) is 37.7 Å². The van der Waals surface area contributed by atoms with Gasteiger partial charge in [0.2, 0.25) is 0 Å². The highest BCUT2D eigenvalue weighted by Gasteiger charge is 2.34. The summed E-state index contributed by atoms with van der Waals surface area (Å²) >= 11 is 2.79. The second-order valence-corrected chi connectivity index (χ2v) is 11.7. The van der Waals surface area contributed by atoms with Gasteiger partial charge in [-0.2, -0.15) is 18.3 Å². The summed E-state index contributed by atoms with van der Waals surface area (Å²) in [5.74, 6) is 0.135. The van der Waals surface area contributed by atoms with Gasteiger partial charge in [0, 0.05) is 11.8 Å². The molecule has 2 heterocycles. The number of hydrogen-bond acceptors (Lipinski definition) is 7. The monoisotopic (exact) mass is 513 g/mol. The van der Waals surface area contributed by atoms with E-state index >= 15 is 0 Å². The Balaban J connectivity index is 1.54. The molecule has 11 heteroatoms. The fraction of sp³-hybridized carbons (Fsp3) is 0.435. The van der Waals surface area contributed by atoms with Gasteiger partial charge in [0.15, 0.2) is 10.1 Å². The molecule has 0 saturated carbocycles. The topological polar surface area (TPSA) is 66.2 Å². The minimum atomic E-state index is -4.42. The van der Waals surface area contributed by atoms with E-state index < -0.39 is 22.1 Å². The van der Waals surface area contributed by atoms with Gasteiger partial charge in [-0.1, -0.05) is 17.8 Å². The fourth-order valence-electron chi connectivity index (χ4n) is 2.73. The first-order valence-corrected chi connectivity index (χ1v) is 12.1. The first-order valence-electron chi connectivity index (χ1n) is 10.4. The summed E-state index contributed by atoms with van der Waals surface area (Å²) in [6, 6.07) is 4.92. The normalized spacial score (nSPS) is 12.6. The van der Waals surface area contributed by atoms with E-state index in [4.69, 9.17) is 9.47 Å². The molecule has 0 N–H and O–H groups in total. The molecular formula is C23H26F3N3O3S2. The number of halogens is 3. The highest BCUT2D eigenvalue weighted by molar-refractivity contribution is 8.03. The van der Waals surface area contributed by atoms with Crippen molar-refractivity contribution in [2.75, 3.05) is 6.61 Å². The number of carbonyl (C=O) groups excluding carboxylic acids is 1. The number of hydrogen-bond donors (Lipinski definition) is 0. The average Bonchev–Trinajstić information content (AvgIpc) is 3.36. The maximum absolute atomic E-state index is 12.9. The van der Waals surface area contributed by atoms with E-state index in [0.717, 1.165) is 22.2 Å². The SMILES string of the molecule is CC(C)(C)OC(=O)C(C)(C)Sc1nc(CCOc2cnn(-c3cccc(C(F)(F)F)c3)c2)cs1. The largest absolute Gasteiger partial charge is 0.490 e. The Kier molecular flexibility index (Phi) is 7.66. The molecule has 0 aliphatic carbocycles. The number of rotatable bonds is 8. The Morgan fingerprint density at radius 3 is 2.59 bits per heavy atom. The number of alkyl halides is 3. The van der Waals surface area contributed by atoms with Crippen LogP contribution in [0.3, 0.4) is 0 Å². The van der Waals surface area contributed by atoms with Gasteiger partial charge in [0.05, 0.1) is 35.9 Å². The number of esters is 1. The lowest BCUT2D eigenvalue weighted by molar-refractivity contribution is -0.156. The molecule has 2 aromatic heterocycles. The number of thiazole rings is 1. The smallest absolute Gasteiger partial charge is 0.416 e. The molecule has 0 fully saturated rings. The third-order valence-corrected chi connectivity index (χ3v) is 6.55. The van der Waals surface area contributed by atoms with Crippen molar-refractivity contribution in [2.24, 2.45) is 0 Å². The van der Waals surface area contributed by atoms with Gasteiger partial charge in [0.25, 0.3) is 0 Å². The van der Waals surface area contributed by atoms with Crippen molar-refractivity contribution in [3.63, 3.8) is 0 Å². The Morgan fingerprint density at radius 1 is 1.18 bits per heavy atom. The van der Waals surface area contributed by atoms with Gasteiger partial charge in [0.1, 0.15) is 10.3 Å². The molecule has 1 aromatic carbocycles. The van der Waals surface area contributed by atoms with Gasteiger partial charge in [-0.15, -0.1) is 11.3 Å². The van der Waals surface area contributed by atoms with E-state index in [2.05, 4.69) is 10.1 Å².